The lowest BCUT2D eigenvalue weighted by Crippen LogP contribution is -2.26. The van der Waals surface area contributed by atoms with Crippen molar-refractivity contribution in [1.82, 2.24) is 0 Å². The lowest BCUT2D eigenvalue weighted by Gasteiger charge is -2.36. The molecule has 14 heavy (non-hydrogen) atoms. The molecule has 0 aromatic heterocycles. The molecule has 0 aromatic carbocycles. The minimum Gasteiger partial charge on any atom is -0.339 e. The van der Waals surface area contributed by atoms with Gasteiger partial charge in [0, 0.05) is 5.16 Å². The maximum Gasteiger partial charge on any atom is 0.213 e. The van der Waals surface area contributed by atoms with Crippen molar-refractivity contribution in [3.8, 4) is 0 Å². The van der Waals surface area contributed by atoms with Gasteiger partial charge in [-0.3, -0.25) is 0 Å². The summed E-state index contributed by atoms with van der Waals surface area (Å²) in [7, 11) is -3.11. The molecule has 2 N–H and O–H groups in total. The molecule has 0 spiro atoms. The maximum atomic E-state index is 10.0. The van der Waals surface area contributed by atoms with Crippen LogP contribution in [0.3, 0.4) is 0 Å². The zero-order chi connectivity index (χ0) is 11.0. The van der Waals surface area contributed by atoms with Crippen LogP contribution in [-0.4, -0.2) is 20.5 Å². The summed E-state index contributed by atoms with van der Waals surface area (Å²) in [6, 6.07) is 0. The average Bonchev–Trinajstić information content (AvgIpc) is 1.94. The zero-order valence-corrected chi connectivity index (χ0v) is 10.5. The summed E-state index contributed by atoms with van der Waals surface area (Å²) in [5.41, 5.74) is -0.283. The van der Waals surface area contributed by atoms with Crippen LogP contribution in [0.25, 0.3) is 0 Å². The standard InChI is InChI=1S/C10H22NO2P/c1-9(2)7-5-6-8-10(3,4)14(12,13)11-9/h12-13H,5-8H2,1-4H3. The van der Waals surface area contributed by atoms with Gasteiger partial charge in [0.15, 0.2) is 0 Å². The van der Waals surface area contributed by atoms with E-state index in [1.54, 1.807) is 0 Å². The molecule has 0 saturated heterocycles. The summed E-state index contributed by atoms with van der Waals surface area (Å²) < 4.78 is 4.28. The van der Waals surface area contributed by atoms with E-state index in [1.165, 1.54) is 0 Å². The topological polar surface area (TPSA) is 52.8 Å². The van der Waals surface area contributed by atoms with Crippen LogP contribution in [0.1, 0.15) is 53.4 Å². The molecular weight excluding hydrogens is 197 g/mol. The molecule has 0 fully saturated rings. The molecule has 1 aliphatic heterocycles. The SMILES string of the molecule is CC1(C)CCCCC(C)(C)P(O)(O)=N1. The molecule has 1 rings (SSSR count). The summed E-state index contributed by atoms with van der Waals surface area (Å²) in [6.45, 7) is 7.78. The molecule has 0 amide bonds. The summed E-state index contributed by atoms with van der Waals surface area (Å²) in [5.74, 6) is 0. The van der Waals surface area contributed by atoms with Gasteiger partial charge < -0.3 is 9.79 Å². The van der Waals surface area contributed by atoms with Gasteiger partial charge in [0.1, 0.15) is 0 Å². The number of hydrogen-bond donors (Lipinski definition) is 2. The predicted octanol–water partition coefficient (Wildman–Crippen LogP) is 3.13. The molecule has 4 heteroatoms. The molecule has 0 radical (unpaired) electrons. The average molecular weight is 219 g/mol. The second kappa shape index (κ2) is 3.62. The molecule has 84 valence electrons. The molecule has 0 atom stereocenters. The Morgan fingerprint density at radius 3 is 2.07 bits per heavy atom. The fourth-order valence-corrected chi connectivity index (χ4v) is 3.41. The van der Waals surface area contributed by atoms with Gasteiger partial charge in [-0.1, -0.05) is 26.7 Å². The summed E-state index contributed by atoms with van der Waals surface area (Å²) in [4.78, 5) is 20.1. The monoisotopic (exact) mass is 219 g/mol. The Labute approximate surface area is 86.8 Å². The second-order valence-corrected chi connectivity index (χ2v) is 8.05. The van der Waals surface area contributed by atoms with Gasteiger partial charge in [0.25, 0.3) is 0 Å². The highest BCUT2D eigenvalue weighted by molar-refractivity contribution is 7.56. The van der Waals surface area contributed by atoms with Crippen LogP contribution in [0, 0.1) is 0 Å². The second-order valence-electron chi connectivity index (χ2n) is 5.50. The number of hydrogen-bond acceptors (Lipinski definition) is 1. The van der Waals surface area contributed by atoms with Crippen LogP contribution in [0.4, 0.5) is 0 Å². The van der Waals surface area contributed by atoms with E-state index in [4.69, 9.17) is 0 Å². The van der Waals surface area contributed by atoms with E-state index >= 15 is 0 Å². The Hall–Kier alpha value is 0.150. The lowest BCUT2D eigenvalue weighted by molar-refractivity contribution is 0.353. The minimum atomic E-state index is -3.11. The van der Waals surface area contributed by atoms with E-state index in [0.29, 0.717) is 0 Å². The van der Waals surface area contributed by atoms with E-state index in [9.17, 15) is 9.79 Å². The van der Waals surface area contributed by atoms with E-state index in [2.05, 4.69) is 4.74 Å². The number of rotatable bonds is 0. The summed E-state index contributed by atoms with van der Waals surface area (Å²) in [6.07, 6.45) is 3.99. The first-order chi connectivity index (χ1) is 6.16. The Morgan fingerprint density at radius 1 is 1.00 bits per heavy atom. The van der Waals surface area contributed by atoms with Crippen molar-refractivity contribution in [2.45, 2.75) is 64.1 Å². The van der Waals surface area contributed by atoms with Gasteiger partial charge >= 0.3 is 0 Å². The van der Waals surface area contributed by atoms with Crippen molar-refractivity contribution in [3.63, 3.8) is 0 Å². The Morgan fingerprint density at radius 2 is 1.50 bits per heavy atom. The van der Waals surface area contributed by atoms with E-state index in [-0.39, 0.29) is 5.54 Å². The predicted molar refractivity (Wildman–Crippen MR) is 60.4 cm³/mol. The van der Waals surface area contributed by atoms with Gasteiger partial charge in [0.05, 0.1) is 5.54 Å². The van der Waals surface area contributed by atoms with Crippen molar-refractivity contribution in [3.05, 3.63) is 0 Å². The molecule has 0 bridgehead atoms. The van der Waals surface area contributed by atoms with E-state index in [0.717, 1.165) is 25.7 Å². The normalized spacial score (nSPS) is 29.9. The van der Waals surface area contributed by atoms with Crippen LogP contribution in [0.5, 0.6) is 0 Å². The molecule has 0 saturated carbocycles. The molecule has 0 aromatic rings. The van der Waals surface area contributed by atoms with Crippen molar-refractivity contribution in [1.29, 1.82) is 0 Å². The van der Waals surface area contributed by atoms with Crippen LogP contribution in [0.15, 0.2) is 4.74 Å². The Balaban J connectivity index is 3.12. The van der Waals surface area contributed by atoms with Crippen molar-refractivity contribution in [2.24, 2.45) is 4.74 Å². The van der Waals surface area contributed by atoms with Crippen LogP contribution < -0.4 is 0 Å². The largest absolute Gasteiger partial charge is 0.339 e. The first kappa shape index (κ1) is 12.2. The quantitative estimate of drug-likeness (QED) is 0.615. The van der Waals surface area contributed by atoms with Gasteiger partial charge in [-0.15, -0.1) is 0 Å². The molecule has 3 nitrogen and oxygen atoms in total. The highest BCUT2D eigenvalue weighted by atomic mass is 31.2. The minimum absolute atomic E-state index is 0.283. The zero-order valence-electron chi connectivity index (χ0n) is 9.62. The maximum absolute atomic E-state index is 10.0. The van der Waals surface area contributed by atoms with Crippen molar-refractivity contribution in [2.75, 3.05) is 0 Å². The Bertz CT molecular complexity index is 265. The van der Waals surface area contributed by atoms with Crippen LogP contribution >= 0.6 is 7.51 Å². The summed E-state index contributed by atoms with van der Waals surface area (Å²) in [5, 5.41) is -0.440. The van der Waals surface area contributed by atoms with Crippen molar-refractivity contribution >= 4 is 7.51 Å². The molecular formula is C10H22NO2P. The van der Waals surface area contributed by atoms with Gasteiger partial charge in [-0.2, -0.15) is 0 Å². The first-order valence-corrected chi connectivity index (χ1v) is 6.90. The highest BCUT2D eigenvalue weighted by Crippen LogP contribution is 2.58. The molecule has 0 aliphatic carbocycles. The van der Waals surface area contributed by atoms with Gasteiger partial charge in [-0.05, 0) is 26.7 Å². The van der Waals surface area contributed by atoms with E-state index < -0.39 is 12.7 Å². The summed E-state index contributed by atoms with van der Waals surface area (Å²) >= 11 is 0. The third-order valence-electron chi connectivity index (χ3n) is 3.05. The molecule has 1 heterocycles. The Kier molecular flexibility index (Phi) is 3.16. The molecule has 0 unspecified atom stereocenters. The van der Waals surface area contributed by atoms with Crippen LogP contribution in [0.2, 0.25) is 0 Å². The van der Waals surface area contributed by atoms with Crippen molar-refractivity contribution < 1.29 is 9.79 Å². The lowest BCUT2D eigenvalue weighted by atomic mass is 9.96. The fraction of sp³-hybridized carbons (Fsp3) is 1.00. The number of nitrogens with zero attached hydrogens (tertiary/aromatic N) is 1. The van der Waals surface area contributed by atoms with Crippen LogP contribution in [-0.2, 0) is 0 Å². The fourth-order valence-electron chi connectivity index (χ4n) is 1.83. The smallest absolute Gasteiger partial charge is 0.213 e. The first-order valence-electron chi connectivity index (χ1n) is 5.25. The highest BCUT2D eigenvalue weighted by Gasteiger charge is 2.38. The van der Waals surface area contributed by atoms with Gasteiger partial charge in [0.2, 0.25) is 7.51 Å². The third kappa shape index (κ3) is 2.59. The molecule has 1 aliphatic rings. The van der Waals surface area contributed by atoms with Gasteiger partial charge in [-0.25, -0.2) is 4.74 Å². The van der Waals surface area contributed by atoms with E-state index in [1.807, 2.05) is 27.7 Å². The third-order valence-corrected chi connectivity index (χ3v) is 5.72.